The van der Waals surface area contributed by atoms with E-state index < -0.39 is 0 Å². The topological polar surface area (TPSA) is 0 Å². The quantitative estimate of drug-likeness (QED) is 0.108. The van der Waals surface area contributed by atoms with E-state index in [1.807, 2.05) is 0 Å². The van der Waals surface area contributed by atoms with Crippen LogP contribution in [0, 0.1) is 0 Å². The van der Waals surface area contributed by atoms with E-state index in [1.54, 1.807) is 5.56 Å². The van der Waals surface area contributed by atoms with Crippen LogP contribution >= 0.6 is 0 Å². The Balaban J connectivity index is 1.30. The molecule has 2 aromatic rings. The Hall–Kier alpha value is -1.30. The molecule has 0 aliphatic carbocycles. The fourth-order valence-corrected chi connectivity index (χ4v) is 6.24. The molecule has 38 heavy (non-hydrogen) atoms. The van der Waals surface area contributed by atoms with Gasteiger partial charge in [-0.15, -0.1) is 0 Å². The molecule has 0 aliphatic rings. The van der Waals surface area contributed by atoms with Crippen LogP contribution in [-0.4, -0.2) is 0 Å². The van der Waals surface area contributed by atoms with Crippen LogP contribution in [0.4, 0.5) is 0 Å². The van der Waals surface area contributed by atoms with E-state index in [0.717, 1.165) is 5.92 Å². The second-order valence-corrected chi connectivity index (χ2v) is 12.3. The van der Waals surface area contributed by atoms with Gasteiger partial charge in [0, 0.05) is 0 Å². The SMILES string of the molecule is CCCCCCCCCCCCCCCCCCCCCCCCCC(CC)c1ccc2ccccc2c1. The summed E-state index contributed by atoms with van der Waals surface area (Å²) in [4.78, 5) is 0. The van der Waals surface area contributed by atoms with Crippen molar-refractivity contribution < 1.29 is 0 Å². The monoisotopic (exact) mass is 521 g/mol. The molecule has 0 spiro atoms. The van der Waals surface area contributed by atoms with Crippen molar-refractivity contribution in [1.82, 2.24) is 0 Å². The summed E-state index contributed by atoms with van der Waals surface area (Å²) in [6, 6.07) is 15.9. The Kier molecular flexibility index (Phi) is 20.4. The first-order chi connectivity index (χ1) is 18.8. The van der Waals surface area contributed by atoms with Crippen molar-refractivity contribution in [3.05, 3.63) is 48.0 Å². The van der Waals surface area contributed by atoms with E-state index in [9.17, 15) is 0 Å². The van der Waals surface area contributed by atoms with Crippen molar-refractivity contribution in [2.24, 2.45) is 0 Å². The molecule has 0 saturated heterocycles. The van der Waals surface area contributed by atoms with Crippen molar-refractivity contribution in [2.75, 3.05) is 0 Å². The Morgan fingerprint density at radius 2 is 0.816 bits per heavy atom. The van der Waals surface area contributed by atoms with E-state index in [1.165, 1.54) is 171 Å². The van der Waals surface area contributed by atoms with E-state index in [2.05, 4.69) is 56.3 Å². The summed E-state index contributed by atoms with van der Waals surface area (Å²) >= 11 is 0. The van der Waals surface area contributed by atoms with Crippen molar-refractivity contribution in [1.29, 1.82) is 0 Å². The molecule has 0 aliphatic heterocycles. The Labute approximate surface area is 238 Å². The van der Waals surface area contributed by atoms with Crippen LogP contribution in [0.5, 0.6) is 0 Å². The Bertz CT molecular complexity index is 774. The van der Waals surface area contributed by atoms with E-state index >= 15 is 0 Å². The highest BCUT2D eigenvalue weighted by Crippen LogP contribution is 2.29. The molecular formula is C38H64. The highest BCUT2D eigenvalue weighted by Gasteiger charge is 2.09. The third kappa shape index (κ3) is 16.0. The average Bonchev–Trinajstić information content (AvgIpc) is 2.95. The maximum Gasteiger partial charge on any atom is -0.0164 e. The number of rotatable bonds is 26. The third-order valence-corrected chi connectivity index (χ3v) is 8.89. The highest BCUT2D eigenvalue weighted by atomic mass is 14.1. The van der Waals surface area contributed by atoms with E-state index in [-0.39, 0.29) is 0 Å². The molecule has 0 aromatic heterocycles. The first-order valence-corrected chi connectivity index (χ1v) is 17.3. The zero-order valence-electron chi connectivity index (χ0n) is 25.8. The van der Waals surface area contributed by atoms with E-state index in [4.69, 9.17) is 0 Å². The molecule has 2 aromatic carbocycles. The lowest BCUT2D eigenvalue weighted by Crippen LogP contribution is -1.97. The zero-order chi connectivity index (χ0) is 26.9. The Morgan fingerprint density at radius 1 is 0.421 bits per heavy atom. The van der Waals surface area contributed by atoms with Crippen LogP contribution in [-0.2, 0) is 0 Å². The van der Waals surface area contributed by atoms with Crippen LogP contribution in [0.15, 0.2) is 42.5 Å². The molecule has 0 heterocycles. The molecule has 0 radical (unpaired) electrons. The van der Waals surface area contributed by atoms with Crippen LogP contribution in [0.1, 0.15) is 186 Å². The minimum absolute atomic E-state index is 0.731. The minimum Gasteiger partial charge on any atom is -0.0654 e. The molecule has 0 bridgehead atoms. The van der Waals surface area contributed by atoms with E-state index in [0.29, 0.717) is 0 Å². The molecule has 0 N–H and O–H groups in total. The first kappa shape index (κ1) is 32.9. The number of benzene rings is 2. The lowest BCUT2D eigenvalue weighted by atomic mass is 9.89. The van der Waals surface area contributed by atoms with Gasteiger partial charge in [-0.1, -0.05) is 204 Å². The second-order valence-electron chi connectivity index (χ2n) is 12.3. The fourth-order valence-electron chi connectivity index (χ4n) is 6.24. The summed E-state index contributed by atoms with van der Waals surface area (Å²) in [5.74, 6) is 0.731. The van der Waals surface area contributed by atoms with Gasteiger partial charge in [0.1, 0.15) is 0 Å². The van der Waals surface area contributed by atoms with Crippen molar-refractivity contribution in [2.45, 2.75) is 180 Å². The van der Waals surface area contributed by atoms with Crippen LogP contribution < -0.4 is 0 Å². The van der Waals surface area contributed by atoms with Gasteiger partial charge in [0.15, 0.2) is 0 Å². The summed E-state index contributed by atoms with van der Waals surface area (Å²) in [5, 5.41) is 2.76. The predicted molar refractivity (Wildman–Crippen MR) is 173 cm³/mol. The molecule has 1 atom stereocenters. The lowest BCUT2D eigenvalue weighted by molar-refractivity contribution is 0.508. The van der Waals surface area contributed by atoms with Crippen LogP contribution in [0.25, 0.3) is 10.8 Å². The molecule has 0 nitrogen and oxygen atoms in total. The maximum atomic E-state index is 2.43. The average molecular weight is 521 g/mol. The first-order valence-electron chi connectivity index (χ1n) is 17.3. The van der Waals surface area contributed by atoms with Crippen molar-refractivity contribution >= 4 is 10.8 Å². The molecule has 0 saturated carbocycles. The zero-order valence-corrected chi connectivity index (χ0v) is 25.8. The molecule has 1 unspecified atom stereocenters. The number of fused-ring (bicyclic) bond motifs is 1. The number of unbranched alkanes of at least 4 members (excludes halogenated alkanes) is 22. The fraction of sp³-hybridized carbons (Fsp3) is 0.737. The van der Waals surface area contributed by atoms with Gasteiger partial charge in [-0.3, -0.25) is 0 Å². The lowest BCUT2D eigenvalue weighted by Gasteiger charge is -2.16. The largest absolute Gasteiger partial charge is 0.0654 e. The van der Waals surface area contributed by atoms with Gasteiger partial charge in [0.2, 0.25) is 0 Å². The van der Waals surface area contributed by atoms with Gasteiger partial charge in [0.05, 0.1) is 0 Å². The summed E-state index contributed by atoms with van der Waals surface area (Å²) in [6.45, 7) is 4.67. The van der Waals surface area contributed by atoms with Crippen molar-refractivity contribution in [3.63, 3.8) is 0 Å². The van der Waals surface area contributed by atoms with Crippen LogP contribution in [0.2, 0.25) is 0 Å². The molecule has 0 heteroatoms. The molecule has 0 fully saturated rings. The summed E-state index contributed by atoms with van der Waals surface area (Å²) in [6.07, 6.45) is 36.2. The summed E-state index contributed by atoms with van der Waals surface area (Å²) < 4.78 is 0. The van der Waals surface area contributed by atoms with Gasteiger partial charge in [0.25, 0.3) is 0 Å². The van der Waals surface area contributed by atoms with Gasteiger partial charge in [-0.25, -0.2) is 0 Å². The highest BCUT2D eigenvalue weighted by molar-refractivity contribution is 5.83. The second kappa shape index (κ2) is 23.6. The molecule has 2 rings (SSSR count). The smallest absolute Gasteiger partial charge is 0.0164 e. The summed E-state index contributed by atoms with van der Waals surface area (Å²) in [7, 11) is 0. The van der Waals surface area contributed by atoms with Gasteiger partial charge in [-0.05, 0) is 35.1 Å². The molecule has 216 valence electrons. The standard InChI is InChI=1S/C38H64/c1-3-5-6-7-8-9-10-11-12-13-14-15-16-17-18-19-20-21-22-23-24-25-26-29-35(4-2)38-33-32-36-30-27-28-31-37(36)34-38/h27-28,30-35H,3-26,29H2,1-2H3. The normalized spacial score (nSPS) is 12.4. The summed E-state index contributed by atoms with van der Waals surface area (Å²) in [5.41, 5.74) is 1.55. The van der Waals surface area contributed by atoms with Gasteiger partial charge in [-0.2, -0.15) is 0 Å². The minimum atomic E-state index is 0.731. The molecule has 0 amide bonds. The maximum absolute atomic E-state index is 2.43. The molecular weight excluding hydrogens is 456 g/mol. The third-order valence-electron chi connectivity index (χ3n) is 8.89. The predicted octanol–water partition coefficient (Wildman–Crippen LogP) is 13.7. The number of hydrogen-bond acceptors (Lipinski definition) is 0. The Morgan fingerprint density at radius 3 is 1.24 bits per heavy atom. The van der Waals surface area contributed by atoms with Gasteiger partial charge >= 0.3 is 0 Å². The van der Waals surface area contributed by atoms with Crippen LogP contribution in [0.3, 0.4) is 0 Å². The van der Waals surface area contributed by atoms with Crippen molar-refractivity contribution in [3.8, 4) is 0 Å². The van der Waals surface area contributed by atoms with Gasteiger partial charge < -0.3 is 0 Å². The number of hydrogen-bond donors (Lipinski definition) is 0.